The van der Waals surface area contributed by atoms with Crippen molar-refractivity contribution in [2.75, 3.05) is 25.6 Å². The Morgan fingerprint density at radius 3 is 2.20 bits per heavy atom. The van der Waals surface area contributed by atoms with E-state index in [2.05, 4.69) is 0 Å². The Bertz CT molecular complexity index is 256. The average molecular weight is 239 g/mol. The second kappa shape index (κ2) is 6.42. The van der Waals surface area contributed by atoms with E-state index in [9.17, 15) is 8.42 Å². The molecule has 0 unspecified atom stereocenters. The zero-order chi connectivity index (χ0) is 11.9. The summed E-state index contributed by atoms with van der Waals surface area (Å²) in [5, 5.41) is 4.83. The van der Waals surface area contributed by atoms with Gasteiger partial charge in [0.15, 0.2) is 0 Å². The van der Waals surface area contributed by atoms with Crippen LogP contribution in [0.4, 0.5) is 0 Å². The molecule has 0 aliphatic carbocycles. The highest BCUT2D eigenvalue weighted by molar-refractivity contribution is 7.89. The lowest BCUT2D eigenvalue weighted by Crippen LogP contribution is -2.22. The SMILES string of the molecule is CC(C)(C)OCCOCCCS(N)(=O)=O. The summed E-state index contributed by atoms with van der Waals surface area (Å²) in [5.74, 6) is -0.0346. The van der Waals surface area contributed by atoms with Crippen LogP contribution >= 0.6 is 0 Å². The van der Waals surface area contributed by atoms with E-state index >= 15 is 0 Å². The highest BCUT2D eigenvalue weighted by atomic mass is 32.2. The maximum absolute atomic E-state index is 10.5. The van der Waals surface area contributed by atoms with Gasteiger partial charge in [-0.2, -0.15) is 0 Å². The third-order valence-corrected chi connectivity index (χ3v) is 2.34. The van der Waals surface area contributed by atoms with Crippen LogP contribution in [-0.2, 0) is 19.5 Å². The van der Waals surface area contributed by atoms with Crippen molar-refractivity contribution in [3.8, 4) is 0 Å². The van der Waals surface area contributed by atoms with E-state index in [1.54, 1.807) is 0 Å². The fraction of sp³-hybridized carbons (Fsp3) is 1.00. The van der Waals surface area contributed by atoms with Gasteiger partial charge in [-0.1, -0.05) is 0 Å². The first kappa shape index (κ1) is 14.8. The van der Waals surface area contributed by atoms with Crippen LogP contribution in [0, 0.1) is 0 Å². The Balaban J connectivity index is 3.27. The van der Waals surface area contributed by atoms with E-state index in [1.165, 1.54) is 0 Å². The summed E-state index contributed by atoms with van der Waals surface area (Å²) < 4.78 is 31.7. The van der Waals surface area contributed by atoms with Crippen molar-refractivity contribution in [2.45, 2.75) is 32.8 Å². The van der Waals surface area contributed by atoms with E-state index in [4.69, 9.17) is 14.6 Å². The Morgan fingerprint density at radius 1 is 1.13 bits per heavy atom. The summed E-state index contributed by atoms with van der Waals surface area (Å²) >= 11 is 0. The van der Waals surface area contributed by atoms with E-state index < -0.39 is 10.0 Å². The standard InChI is InChI=1S/C9H21NO4S/c1-9(2,3)14-7-6-13-5-4-8-15(10,11)12/h4-8H2,1-3H3,(H2,10,11,12). The maximum Gasteiger partial charge on any atom is 0.209 e. The Hall–Kier alpha value is -0.170. The molecule has 0 aliphatic rings. The molecule has 0 spiro atoms. The molecule has 92 valence electrons. The van der Waals surface area contributed by atoms with Crippen LogP contribution in [0.1, 0.15) is 27.2 Å². The minimum absolute atomic E-state index is 0.0346. The van der Waals surface area contributed by atoms with E-state index in [0.29, 0.717) is 26.2 Å². The molecule has 0 radical (unpaired) electrons. The Labute approximate surface area is 92.0 Å². The van der Waals surface area contributed by atoms with Crippen molar-refractivity contribution >= 4 is 10.0 Å². The molecule has 2 N–H and O–H groups in total. The molecule has 0 atom stereocenters. The van der Waals surface area contributed by atoms with Crippen LogP contribution in [0.25, 0.3) is 0 Å². The lowest BCUT2D eigenvalue weighted by molar-refractivity contribution is -0.0346. The monoisotopic (exact) mass is 239 g/mol. The van der Waals surface area contributed by atoms with Crippen molar-refractivity contribution in [2.24, 2.45) is 5.14 Å². The number of rotatable bonds is 7. The number of nitrogens with two attached hydrogens (primary N) is 1. The van der Waals surface area contributed by atoms with Crippen molar-refractivity contribution in [1.29, 1.82) is 0 Å². The van der Waals surface area contributed by atoms with Crippen LogP contribution in [0.3, 0.4) is 0 Å². The van der Waals surface area contributed by atoms with Crippen LogP contribution in [0.15, 0.2) is 0 Å². The predicted octanol–water partition coefficient (Wildman–Crippen LogP) is 0.497. The van der Waals surface area contributed by atoms with Crippen molar-refractivity contribution in [3.63, 3.8) is 0 Å². The molecular formula is C9H21NO4S. The molecule has 0 aromatic carbocycles. The summed E-state index contributed by atoms with van der Waals surface area (Å²) in [6.45, 7) is 7.28. The van der Waals surface area contributed by atoms with Gasteiger partial charge in [0, 0.05) is 6.61 Å². The highest BCUT2D eigenvalue weighted by Gasteiger charge is 2.08. The summed E-state index contributed by atoms with van der Waals surface area (Å²) in [5.41, 5.74) is -0.163. The van der Waals surface area contributed by atoms with Gasteiger partial charge in [0.25, 0.3) is 0 Å². The summed E-state index contributed by atoms with van der Waals surface area (Å²) in [7, 11) is -3.35. The van der Waals surface area contributed by atoms with Crippen molar-refractivity contribution < 1.29 is 17.9 Å². The first-order valence-electron chi connectivity index (χ1n) is 4.93. The number of sulfonamides is 1. The topological polar surface area (TPSA) is 78.6 Å². The van der Waals surface area contributed by atoms with Gasteiger partial charge in [-0.05, 0) is 27.2 Å². The van der Waals surface area contributed by atoms with Crippen LogP contribution < -0.4 is 5.14 Å². The van der Waals surface area contributed by atoms with Gasteiger partial charge in [-0.3, -0.25) is 0 Å². The van der Waals surface area contributed by atoms with Gasteiger partial charge in [-0.15, -0.1) is 0 Å². The fourth-order valence-corrected chi connectivity index (χ4v) is 1.39. The van der Waals surface area contributed by atoms with Gasteiger partial charge in [0.1, 0.15) is 0 Å². The van der Waals surface area contributed by atoms with E-state index in [0.717, 1.165) is 0 Å². The summed E-state index contributed by atoms with van der Waals surface area (Å²) in [6, 6.07) is 0. The lowest BCUT2D eigenvalue weighted by atomic mass is 10.2. The van der Waals surface area contributed by atoms with Crippen molar-refractivity contribution in [3.05, 3.63) is 0 Å². The lowest BCUT2D eigenvalue weighted by Gasteiger charge is -2.19. The third kappa shape index (κ3) is 13.8. The van der Waals surface area contributed by atoms with Gasteiger partial charge < -0.3 is 9.47 Å². The minimum Gasteiger partial charge on any atom is -0.379 e. The maximum atomic E-state index is 10.5. The number of ether oxygens (including phenoxy) is 2. The first-order valence-corrected chi connectivity index (χ1v) is 6.64. The molecular weight excluding hydrogens is 218 g/mol. The third-order valence-electron chi connectivity index (χ3n) is 1.48. The molecule has 6 heteroatoms. The van der Waals surface area contributed by atoms with Crippen molar-refractivity contribution in [1.82, 2.24) is 0 Å². The average Bonchev–Trinajstić information content (AvgIpc) is 1.98. The van der Waals surface area contributed by atoms with Gasteiger partial charge in [-0.25, -0.2) is 13.6 Å². The van der Waals surface area contributed by atoms with E-state index in [1.807, 2.05) is 20.8 Å². The molecule has 0 aromatic rings. The second-order valence-electron chi connectivity index (χ2n) is 4.29. The Morgan fingerprint density at radius 2 is 1.73 bits per heavy atom. The highest BCUT2D eigenvalue weighted by Crippen LogP contribution is 2.05. The molecule has 15 heavy (non-hydrogen) atoms. The number of hydrogen-bond donors (Lipinski definition) is 1. The van der Waals surface area contributed by atoms with Crippen LogP contribution in [0.5, 0.6) is 0 Å². The smallest absolute Gasteiger partial charge is 0.209 e. The minimum atomic E-state index is -3.35. The molecule has 0 saturated carbocycles. The quantitative estimate of drug-likeness (QED) is 0.656. The first-order chi connectivity index (χ1) is 6.71. The zero-order valence-electron chi connectivity index (χ0n) is 9.65. The molecule has 0 rings (SSSR count). The molecule has 0 fully saturated rings. The summed E-state index contributed by atoms with van der Waals surface area (Å²) in [6.07, 6.45) is 0.425. The molecule has 0 amide bonds. The Kier molecular flexibility index (Phi) is 6.35. The van der Waals surface area contributed by atoms with Crippen LogP contribution in [-0.4, -0.2) is 39.6 Å². The van der Waals surface area contributed by atoms with Gasteiger partial charge >= 0.3 is 0 Å². The van der Waals surface area contributed by atoms with Gasteiger partial charge in [0.05, 0.1) is 24.6 Å². The molecule has 0 saturated heterocycles. The molecule has 0 bridgehead atoms. The normalized spacial score (nSPS) is 13.1. The fourth-order valence-electron chi connectivity index (χ4n) is 0.871. The van der Waals surface area contributed by atoms with Crippen LogP contribution in [0.2, 0.25) is 0 Å². The predicted molar refractivity (Wildman–Crippen MR) is 59.1 cm³/mol. The second-order valence-corrected chi connectivity index (χ2v) is 6.03. The zero-order valence-corrected chi connectivity index (χ0v) is 10.5. The van der Waals surface area contributed by atoms with Gasteiger partial charge in [0.2, 0.25) is 10.0 Å². The largest absolute Gasteiger partial charge is 0.379 e. The molecule has 0 heterocycles. The number of hydrogen-bond acceptors (Lipinski definition) is 4. The molecule has 0 aromatic heterocycles. The van der Waals surface area contributed by atoms with E-state index in [-0.39, 0.29) is 11.4 Å². The molecule has 5 nitrogen and oxygen atoms in total. The number of primary sulfonamides is 1. The summed E-state index contributed by atoms with van der Waals surface area (Å²) in [4.78, 5) is 0. The molecule has 0 aliphatic heterocycles.